The molecule has 1 N–H and O–H groups in total. The Hall–Kier alpha value is -1.74. The van der Waals surface area contributed by atoms with Gasteiger partial charge >= 0.3 is 0 Å². The summed E-state index contributed by atoms with van der Waals surface area (Å²) in [5, 5.41) is 3.47. The number of aryl methyl sites for hydroxylation is 1. The topological polar surface area (TPSA) is 34.4 Å². The van der Waals surface area contributed by atoms with Gasteiger partial charge in [-0.1, -0.05) is 25.5 Å². The van der Waals surface area contributed by atoms with Gasteiger partial charge in [0.25, 0.3) is 0 Å². The van der Waals surface area contributed by atoms with Crippen molar-refractivity contribution >= 4 is 0 Å². The number of unbranched alkanes of at least 4 members (excludes halogenated alkanes) is 1. The summed E-state index contributed by atoms with van der Waals surface area (Å²) in [5.41, 5.74) is 1.24. The van der Waals surface area contributed by atoms with Crippen molar-refractivity contribution in [2.24, 2.45) is 0 Å². The third-order valence-electron chi connectivity index (χ3n) is 3.49. The first kappa shape index (κ1) is 15.6. The van der Waals surface area contributed by atoms with E-state index in [4.69, 9.17) is 9.15 Å². The number of furan rings is 1. The van der Waals surface area contributed by atoms with Gasteiger partial charge in [0.15, 0.2) is 0 Å². The van der Waals surface area contributed by atoms with Crippen molar-refractivity contribution in [3.05, 3.63) is 53.5 Å². The molecule has 0 spiro atoms. The number of nitrogens with one attached hydrogen (secondary N) is 1. The zero-order chi connectivity index (χ0) is 15.1. The van der Waals surface area contributed by atoms with E-state index in [-0.39, 0.29) is 6.04 Å². The van der Waals surface area contributed by atoms with Gasteiger partial charge in [-0.3, -0.25) is 0 Å². The second-order valence-electron chi connectivity index (χ2n) is 5.40. The first-order chi connectivity index (χ1) is 10.2. The first-order valence-electron chi connectivity index (χ1n) is 7.70. The Morgan fingerprint density at radius 2 is 1.90 bits per heavy atom. The molecule has 1 atom stereocenters. The van der Waals surface area contributed by atoms with E-state index in [9.17, 15) is 0 Å². The van der Waals surface area contributed by atoms with Gasteiger partial charge < -0.3 is 14.5 Å². The highest BCUT2D eigenvalue weighted by Crippen LogP contribution is 2.17. The summed E-state index contributed by atoms with van der Waals surface area (Å²) in [6.07, 6.45) is 2.26. The molecule has 1 aromatic carbocycles. The van der Waals surface area contributed by atoms with Gasteiger partial charge in [-0.25, -0.2) is 0 Å². The second-order valence-corrected chi connectivity index (χ2v) is 5.40. The highest BCUT2D eigenvalue weighted by molar-refractivity contribution is 5.27. The lowest BCUT2D eigenvalue weighted by atomic mass is 10.2. The lowest BCUT2D eigenvalue weighted by Crippen LogP contribution is -2.17. The third-order valence-corrected chi connectivity index (χ3v) is 3.49. The Balaban J connectivity index is 1.80. The van der Waals surface area contributed by atoms with Crippen molar-refractivity contribution in [2.45, 2.75) is 46.2 Å². The zero-order valence-corrected chi connectivity index (χ0v) is 13.2. The Labute approximate surface area is 127 Å². The molecule has 0 saturated carbocycles. The highest BCUT2D eigenvalue weighted by atomic mass is 16.5. The van der Waals surface area contributed by atoms with Crippen molar-refractivity contribution in [1.82, 2.24) is 5.32 Å². The maximum absolute atomic E-state index is 5.66. The van der Waals surface area contributed by atoms with Crippen LogP contribution in [-0.2, 0) is 6.54 Å². The van der Waals surface area contributed by atoms with E-state index in [0.29, 0.717) is 0 Å². The van der Waals surface area contributed by atoms with Crippen molar-refractivity contribution in [3.63, 3.8) is 0 Å². The van der Waals surface area contributed by atoms with Crippen LogP contribution in [0.3, 0.4) is 0 Å². The van der Waals surface area contributed by atoms with Crippen LogP contribution in [-0.4, -0.2) is 6.61 Å². The molecule has 1 heterocycles. The summed E-state index contributed by atoms with van der Waals surface area (Å²) in [4.78, 5) is 0. The molecule has 0 aliphatic rings. The molecule has 1 unspecified atom stereocenters. The monoisotopic (exact) mass is 287 g/mol. The molecule has 0 fully saturated rings. The van der Waals surface area contributed by atoms with Gasteiger partial charge in [0.1, 0.15) is 17.3 Å². The maximum atomic E-state index is 5.66. The number of hydrogen-bond donors (Lipinski definition) is 1. The molecule has 0 aliphatic carbocycles. The van der Waals surface area contributed by atoms with E-state index in [2.05, 4.69) is 31.3 Å². The number of rotatable bonds is 8. The summed E-state index contributed by atoms with van der Waals surface area (Å²) in [5.74, 6) is 2.88. The molecule has 0 amide bonds. The number of hydrogen-bond acceptors (Lipinski definition) is 3. The average Bonchev–Trinajstić information content (AvgIpc) is 2.93. The molecular formula is C18H25NO2. The van der Waals surface area contributed by atoms with Crippen molar-refractivity contribution in [1.29, 1.82) is 0 Å². The molecule has 0 aliphatic heterocycles. The molecule has 3 nitrogen and oxygen atoms in total. The Morgan fingerprint density at radius 1 is 1.14 bits per heavy atom. The second kappa shape index (κ2) is 7.89. The SMILES string of the molecule is CCCCOc1ccc(CNC(C)c2ccc(C)o2)cc1. The van der Waals surface area contributed by atoms with Gasteiger partial charge in [0.2, 0.25) is 0 Å². The predicted octanol–water partition coefficient (Wildman–Crippen LogP) is 4.62. The molecule has 3 heteroatoms. The van der Waals surface area contributed by atoms with Gasteiger partial charge in [-0.15, -0.1) is 0 Å². The van der Waals surface area contributed by atoms with E-state index in [0.717, 1.165) is 43.3 Å². The minimum atomic E-state index is 0.208. The predicted molar refractivity (Wildman–Crippen MR) is 85.5 cm³/mol. The summed E-state index contributed by atoms with van der Waals surface area (Å²) in [6, 6.07) is 12.5. The van der Waals surface area contributed by atoms with E-state index in [1.54, 1.807) is 0 Å². The fraction of sp³-hybridized carbons (Fsp3) is 0.444. The molecule has 2 aromatic rings. The lowest BCUT2D eigenvalue weighted by molar-refractivity contribution is 0.309. The minimum Gasteiger partial charge on any atom is -0.494 e. The van der Waals surface area contributed by atoms with E-state index >= 15 is 0 Å². The summed E-state index contributed by atoms with van der Waals surface area (Å²) in [6.45, 7) is 7.85. The van der Waals surface area contributed by atoms with Gasteiger partial charge in [-0.05, 0) is 50.1 Å². The van der Waals surface area contributed by atoms with Crippen LogP contribution in [0.5, 0.6) is 5.75 Å². The maximum Gasteiger partial charge on any atom is 0.120 e. The van der Waals surface area contributed by atoms with Gasteiger partial charge in [0.05, 0.1) is 12.6 Å². The largest absolute Gasteiger partial charge is 0.494 e. The number of ether oxygens (including phenoxy) is 1. The summed E-state index contributed by atoms with van der Waals surface area (Å²) >= 11 is 0. The van der Waals surface area contributed by atoms with Gasteiger partial charge in [0, 0.05) is 6.54 Å². The summed E-state index contributed by atoms with van der Waals surface area (Å²) in [7, 11) is 0. The molecular weight excluding hydrogens is 262 g/mol. The van der Waals surface area contributed by atoms with E-state index in [1.807, 2.05) is 31.2 Å². The Bertz CT molecular complexity index is 530. The molecule has 0 radical (unpaired) electrons. The Kier molecular flexibility index (Phi) is 5.88. The average molecular weight is 287 g/mol. The fourth-order valence-corrected chi connectivity index (χ4v) is 2.10. The fourth-order valence-electron chi connectivity index (χ4n) is 2.10. The Morgan fingerprint density at radius 3 is 2.52 bits per heavy atom. The normalized spacial score (nSPS) is 12.3. The summed E-state index contributed by atoms with van der Waals surface area (Å²) < 4.78 is 11.3. The van der Waals surface area contributed by atoms with Gasteiger partial charge in [-0.2, -0.15) is 0 Å². The minimum absolute atomic E-state index is 0.208. The highest BCUT2D eigenvalue weighted by Gasteiger charge is 2.08. The lowest BCUT2D eigenvalue weighted by Gasteiger charge is -2.12. The van der Waals surface area contributed by atoms with Crippen LogP contribution in [0, 0.1) is 6.92 Å². The molecule has 21 heavy (non-hydrogen) atoms. The van der Waals surface area contributed by atoms with Crippen LogP contribution in [0.1, 0.15) is 49.8 Å². The van der Waals surface area contributed by atoms with Crippen molar-refractivity contribution < 1.29 is 9.15 Å². The van der Waals surface area contributed by atoms with Crippen LogP contribution in [0.15, 0.2) is 40.8 Å². The molecule has 2 rings (SSSR count). The standard InChI is InChI=1S/C18H25NO2/c1-4-5-12-20-17-9-7-16(8-10-17)13-19-15(3)18-11-6-14(2)21-18/h6-11,15,19H,4-5,12-13H2,1-3H3. The van der Waals surface area contributed by atoms with Crippen molar-refractivity contribution in [2.75, 3.05) is 6.61 Å². The quantitative estimate of drug-likeness (QED) is 0.719. The number of benzene rings is 1. The van der Waals surface area contributed by atoms with Crippen molar-refractivity contribution in [3.8, 4) is 5.75 Å². The molecule has 1 aromatic heterocycles. The first-order valence-corrected chi connectivity index (χ1v) is 7.70. The molecule has 0 bridgehead atoms. The van der Waals surface area contributed by atoms with Crippen LogP contribution in [0.25, 0.3) is 0 Å². The van der Waals surface area contributed by atoms with Crippen LogP contribution < -0.4 is 10.1 Å². The van der Waals surface area contributed by atoms with Crippen LogP contribution >= 0.6 is 0 Å². The zero-order valence-electron chi connectivity index (χ0n) is 13.2. The van der Waals surface area contributed by atoms with Crippen LogP contribution in [0.2, 0.25) is 0 Å². The smallest absolute Gasteiger partial charge is 0.120 e. The van der Waals surface area contributed by atoms with Crippen LogP contribution in [0.4, 0.5) is 0 Å². The van der Waals surface area contributed by atoms with E-state index in [1.165, 1.54) is 5.56 Å². The molecule has 114 valence electrons. The molecule has 0 saturated heterocycles. The van der Waals surface area contributed by atoms with E-state index < -0.39 is 0 Å². The third kappa shape index (κ3) is 4.94.